The van der Waals surface area contributed by atoms with Crippen LogP contribution in [-0.2, 0) is 6.54 Å². The lowest BCUT2D eigenvalue weighted by Crippen LogP contribution is -2.18. The third-order valence-corrected chi connectivity index (χ3v) is 7.72. The maximum absolute atomic E-state index is 13.0. The Labute approximate surface area is 194 Å². The van der Waals surface area contributed by atoms with E-state index in [-0.39, 0.29) is 11.6 Å². The molecule has 8 nitrogen and oxygen atoms in total. The van der Waals surface area contributed by atoms with Crippen molar-refractivity contribution in [3.05, 3.63) is 56.2 Å². The lowest BCUT2D eigenvalue weighted by molar-refractivity contribution is -0.384. The Morgan fingerprint density at radius 1 is 1.16 bits per heavy atom. The maximum atomic E-state index is 13.0. The summed E-state index contributed by atoms with van der Waals surface area (Å²) in [7, 11) is 0. The summed E-state index contributed by atoms with van der Waals surface area (Å²) in [5.74, 6) is 1.90. The van der Waals surface area contributed by atoms with Gasteiger partial charge in [0.05, 0.1) is 20.0 Å². The maximum Gasteiger partial charge on any atom is 0.289 e. The van der Waals surface area contributed by atoms with Crippen LogP contribution in [0.2, 0.25) is 0 Å². The van der Waals surface area contributed by atoms with Gasteiger partial charge in [-0.2, -0.15) is 16.8 Å². The number of thiophene rings is 1. The SMILES string of the molecule is CSCCn1c(=NC(=O)c2cc3cc([N+](=O)[O-])ccc3s2)sc2cc3c(cc21)OCCO3. The number of non-ortho nitro benzene ring substituents is 1. The Hall–Kier alpha value is -2.89. The van der Waals surface area contributed by atoms with Crippen molar-refractivity contribution in [2.24, 2.45) is 4.99 Å². The second-order valence-corrected chi connectivity index (χ2v) is 10.1. The highest BCUT2D eigenvalue weighted by molar-refractivity contribution is 7.98. The van der Waals surface area contributed by atoms with Crippen LogP contribution in [0.3, 0.4) is 0 Å². The van der Waals surface area contributed by atoms with E-state index in [0.717, 1.165) is 20.7 Å². The highest BCUT2D eigenvalue weighted by Crippen LogP contribution is 2.36. The fourth-order valence-electron chi connectivity index (χ4n) is 3.48. The Balaban J connectivity index is 1.59. The van der Waals surface area contributed by atoms with Crippen molar-refractivity contribution in [1.82, 2.24) is 4.57 Å². The first-order valence-electron chi connectivity index (χ1n) is 9.72. The summed E-state index contributed by atoms with van der Waals surface area (Å²) < 4.78 is 15.2. The molecule has 1 aliphatic heterocycles. The summed E-state index contributed by atoms with van der Waals surface area (Å²) in [6.07, 6.45) is 2.03. The van der Waals surface area contributed by atoms with E-state index in [1.165, 1.54) is 34.8 Å². The number of nitro groups is 1. The molecule has 3 heterocycles. The van der Waals surface area contributed by atoms with E-state index in [4.69, 9.17) is 9.47 Å². The van der Waals surface area contributed by atoms with E-state index in [1.54, 1.807) is 23.9 Å². The molecule has 1 aliphatic rings. The predicted molar refractivity (Wildman–Crippen MR) is 128 cm³/mol. The molecular formula is C21H17N3O5S3. The zero-order valence-corrected chi connectivity index (χ0v) is 19.3. The topological polar surface area (TPSA) is 96.0 Å². The third-order valence-electron chi connectivity index (χ3n) is 4.98. The van der Waals surface area contributed by atoms with Gasteiger partial charge < -0.3 is 14.0 Å². The van der Waals surface area contributed by atoms with Crippen molar-refractivity contribution in [3.8, 4) is 11.5 Å². The number of thioether (sulfide) groups is 1. The van der Waals surface area contributed by atoms with Crippen molar-refractivity contribution in [2.75, 3.05) is 25.2 Å². The molecule has 0 radical (unpaired) electrons. The number of amides is 1. The molecular weight excluding hydrogens is 470 g/mol. The van der Waals surface area contributed by atoms with Crippen molar-refractivity contribution in [2.45, 2.75) is 6.54 Å². The average Bonchev–Trinajstić information content (AvgIpc) is 3.36. The summed E-state index contributed by atoms with van der Waals surface area (Å²) in [4.78, 5) is 29.1. The van der Waals surface area contributed by atoms with E-state index in [9.17, 15) is 14.9 Å². The van der Waals surface area contributed by atoms with E-state index in [1.807, 2.05) is 23.0 Å². The van der Waals surface area contributed by atoms with Gasteiger partial charge in [0.1, 0.15) is 13.2 Å². The first-order valence-corrected chi connectivity index (χ1v) is 12.7. The Bertz CT molecular complexity index is 1440. The van der Waals surface area contributed by atoms with Gasteiger partial charge in [-0.1, -0.05) is 11.3 Å². The van der Waals surface area contributed by atoms with E-state index in [0.29, 0.717) is 46.3 Å². The fourth-order valence-corrected chi connectivity index (χ4v) is 5.84. The first-order chi connectivity index (χ1) is 15.5. The quantitative estimate of drug-likeness (QED) is 0.299. The standard InChI is InChI=1S/C21H17N3O5S3/c1-30-7-4-23-14-10-15-16(29-6-5-28-15)11-18(14)32-21(23)22-20(25)19-9-12-8-13(24(26)27)2-3-17(12)31-19/h2-3,8-11H,4-7H2,1H3. The fraction of sp³-hybridized carbons (Fsp3) is 0.238. The molecule has 164 valence electrons. The molecule has 0 fully saturated rings. The minimum absolute atomic E-state index is 0.000874. The summed E-state index contributed by atoms with van der Waals surface area (Å²) in [5, 5.41) is 11.7. The molecule has 0 N–H and O–H groups in total. The van der Waals surface area contributed by atoms with Crippen LogP contribution in [0, 0.1) is 10.1 Å². The highest BCUT2D eigenvalue weighted by atomic mass is 32.2. The number of hydrogen-bond donors (Lipinski definition) is 0. The summed E-state index contributed by atoms with van der Waals surface area (Å²) >= 11 is 4.43. The van der Waals surface area contributed by atoms with Gasteiger partial charge in [0, 0.05) is 46.6 Å². The van der Waals surface area contributed by atoms with E-state index >= 15 is 0 Å². The number of aryl methyl sites for hydroxylation is 1. The second-order valence-electron chi connectivity index (χ2n) is 7.00. The molecule has 32 heavy (non-hydrogen) atoms. The van der Waals surface area contributed by atoms with Crippen molar-refractivity contribution in [1.29, 1.82) is 0 Å². The molecule has 0 saturated carbocycles. The third kappa shape index (κ3) is 3.87. The number of rotatable bonds is 5. The van der Waals surface area contributed by atoms with Gasteiger partial charge in [0.15, 0.2) is 16.3 Å². The van der Waals surface area contributed by atoms with Crippen LogP contribution >= 0.6 is 34.4 Å². The van der Waals surface area contributed by atoms with Gasteiger partial charge in [-0.3, -0.25) is 14.9 Å². The van der Waals surface area contributed by atoms with Crippen molar-refractivity contribution in [3.63, 3.8) is 0 Å². The van der Waals surface area contributed by atoms with Crippen molar-refractivity contribution >= 4 is 66.3 Å². The van der Waals surface area contributed by atoms with Gasteiger partial charge in [-0.15, -0.1) is 11.3 Å². The minimum Gasteiger partial charge on any atom is -0.486 e. The summed E-state index contributed by atoms with van der Waals surface area (Å²) in [6.45, 7) is 1.72. The normalized spacial score (nSPS) is 13.7. The average molecular weight is 488 g/mol. The van der Waals surface area contributed by atoms with Crippen LogP contribution in [0.25, 0.3) is 20.3 Å². The smallest absolute Gasteiger partial charge is 0.289 e. The lowest BCUT2D eigenvalue weighted by atomic mass is 10.2. The number of aromatic nitrogens is 1. The second kappa shape index (κ2) is 8.57. The molecule has 0 unspecified atom stereocenters. The monoisotopic (exact) mass is 487 g/mol. The van der Waals surface area contributed by atoms with Crippen LogP contribution in [0.15, 0.2) is 41.4 Å². The molecule has 4 aromatic rings. The number of carbonyl (C=O) groups excluding carboxylic acids is 1. The number of fused-ring (bicyclic) bond motifs is 3. The Morgan fingerprint density at radius 2 is 1.94 bits per heavy atom. The molecule has 0 spiro atoms. The van der Waals surface area contributed by atoms with E-state index < -0.39 is 4.92 Å². The lowest BCUT2D eigenvalue weighted by Gasteiger charge is -2.18. The van der Waals surface area contributed by atoms with Crippen LogP contribution in [0.5, 0.6) is 11.5 Å². The Kier molecular flexibility index (Phi) is 5.62. The van der Waals surface area contributed by atoms with Crippen molar-refractivity contribution < 1.29 is 19.2 Å². The highest BCUT2D eigenvalue weighted by Gasteiger charge is 2.18. The first kappa shape index (κ1) is 21.0. The van der Waals surface area contributed by atoms with Crippen LogP contribution in [0.1, 0.15) is 9.67 Å². The number of benzene rings is 2. The number of nitro benzene ring substituents is 1. The van der Waals surface area contributed by atoms with Crippen LogP contribution in [0.4, 0.5) is 5.69 Å². The molecule has 0 atom stereocenters. The molecule has 0 bridgehead atoms. The number of ether oxygens (including phenoxy) is 2. The predicted octanol–water partition coefficient (Wildman–Crippen LogP) is 4.70. The number of carbonyl (C=O) groups is 1. The number of thiazole rings is 1. The molecule has 2 aromatic heterocycles. The van der Waals surface area contributed by atoms with Crippen LogP contribution < -0.4 is 14.3 Å². The molecule has 11 heteroatoms. The van der Waals surface area contributed by atoms with Gasteiger partial charge >= 0.3 is 0 Å². The molecule has 0 saturated heterocycles. The zero-order chi connectivity index (χ0) is 22.2. The Morgan fingerprint density at radius 3 is 2.69 bits per heavy atom. The zero-order valence-electron chi connectivity index (χ0n) is 16.9. The number of hydrogen-bond acceptors (Lipinski definition) is 8. The minimum atomic E-state index is -0.443. The van der Waals surface area contributed by atoms with Crippen LogP contribution in [-0.4, -0.2) is 40.6 Å². The van der Waals surface area contributed by atoms with Gasteiger partial charge in [0.2, 0.25) is 0 Å². The van der Waals surface area contributed by atoms with Gasteiger partial charge in [0.25, 0.3) is 11.6 Å². The molecule has 5 rings (SSSR count). The molecule has 1 amide bonds. The summed E-state index contributed by atoms with van der Waals surface area (Å²) in [5.41, 5.74) is 0.950. The van der Waals surface area contributed by atoms with Gasteiger partial charge in [-0.25, -0.2) is 0 Å². The number of nitrogens with zero attached hydrogens (tertiary/aromatic N) is 3. The molecule has 2 aromatic carbocycles. The van der Waals surface area contributed by atoms with Gasteiger partial charge in [-0.05, 0) is 18.4 Å². The molecule has 0 aliphatic carbocycles. The largest absolute Gasteiger partial charge is 0.486 e. The summed E-state index contributed by atoms with van der Waals surface area (Å²) in [6, 6.07) is 10.1. The van der Waals surface area contributed by atoms with E-state index in [2.05, 4.69) is 4.99 Å².